The van der Waals surface area contributed by atoms with Gasteiger partial charge in [0.15, 0.2) is 6.61 Å². The van der Waals surface area contributed by atoms with Crippen molar-refractivity contribution in [3.05, 3.63) is 57.3 Å². The maximum absolute atomic E-state index is 12.0. The summed E-state index contributed by atoms with van der Waals surface area (Å²) in [5.74, 6) is 0.790. The first-order chi connectivity index (χ1) is 11.0. The van der Waals surface area contributed by atoms with Gasteiger partial charge in [0.2, 0.25) is 0 Å². The second-order valence-electron chi connectivity index (χ2n) is 5.13. The minimum absolute atomic E-state index is 0.113. The molecule has 0 bridgehead atoms. The average Bonchev–Trinajstić information content (AvgIpc) is 2.50. The number of esters is 1. The van der Waals surface area contributed by atoms with Crippen molar-refractivity contribution in [2.24, 2.45) is 0 Å². The summed E-state index contributed by atoms with van der Waals surface area (Å²) in [6, 6.07) is 7.25. The number of benzene rings is 1. The van der Waals surface area contributed by atoms with E-state index in [1.165, 1.54) is 0 Å². The molecule has 122 valence electrons. The SMILES string of the molecule is CCOC(=O)COc1ccc(Cc2c(C)nc(C)[nH]c2=O)cc1. The number of aryl methyl sites for hydroxylation is 2. The number of carbonyl (C=O) groups is 1. The number of aromatic nitrogens is 2. The summed E-state index contributed by atoms with van der Waals surface area (Å²) in [5, 5.41) is 0. The molecular formula is C17H20N2O4. The number of aromatic amines is 1. The van der Waals surface area contributed by atoms with Crippen LogP contribution in [0.2, 0.25) is 0 Å². The van der Waals surface area contributed by atoms with E-state index in [0.717, 1.165) is 11.3 Å². The molecule has 2 aromatic rings. The molecule has 6 nitrogen and oxygen atoms in total. The number of nitrogens with one attached hydrogen (secondary N) is 1. The molecule has 1 N–H and O–H groups in total. The Kier molecular flexibility index (Phi) is 5.51. The van der Waals surface area contributed by atoms with E-state index in [2.05, 4.69) is 9.97 Å². The minimum atomic E-state index is -0.399. The lowest BCUT2D eigenvalue weighted by Crippen LogP contribution is -2.18. The molecule has 0 saturated carbocycles. The lowest BCUT2D eigenvalue weighted by atomic mass is 10.0. The molecule has 1 heterocycles. The van der Waals surface area contributed by atoms with Gasteiger partial charge in [-0.1, -0.05) is 12.1 Å². The number of carbonyl (C=O) groups excluding carboxylic acids is 1. The third-order valence-electron chi connectivity index (χ3n) is 3.31. The molecule has 0 aliphatic carbocycles. The number of nitrogens with zero attached hydrogens (tertiary/aromatic N) is 1. The maximum atomic E-state index is 12.0. The van der Waals surface area contributed by atoms with E-state index in [4.69, 9.17) is 9.47 Å². The Morgan fingerprint density at radius 2 is 1.91 bits per heavy atom. The second-order valence-corrected chi connectivity index (χ2v) is 5.13. The predicted octanol–water partition coefficient (Wildman–Crippen LogP) is 1.92. The van der Waals surface area contributed by atoms with E-state index in [1.807, 2.05) is 19.1 Å². The summed E-state index contributed by atoms with van der Waals surface area (Å²) >= 11 is 0. The van der Waals surface area contributed by atoms with Gasteiger partial charge in [0.05, 0.1) is 6.61 Å². The van der Waals surface area contributed by atoms with Crippen molar-refractivity contribution in [1.82, 2.24) is 9.97 Å². The standard InChI is InChI=1S/C17H20N2O4/c1-4-22-16(20)10-23-14-7-5-13(6-8-14)9-15-11(2)18-12(3)19-17(15)21/h5-8H,4,9-10H2,1-3H3,(H,18,19,21). The Morgan fingerprint density at radius 3 is 2.52 bits per heavy atom. The van der Waals surface area contributed by atoms with Crippen LogP contribution in [-0.4, -0.2) is 29.2 Å². The number of hydrogen-bond donors (Lipinski definition) is 1. The fraction of sp³-hybridized carbons (Fsp3) is 0.353. The summed E-state index contributed by atoms with van der Waals surface area (Å²) in [7, 11) is 0. The zero-order valence-corrected chi connectivity index (χ0v) is 13.5. The summed E-state index contributed by atoms with van der Waals surface area (Å²) in [6.45, 7) is 5.55. The summed E-state index contributed by atoms with van der Waals surface area (Å²) in [5.41, 5.74) is 2.23. The van der Waals surface area contributed by atoms with Crippen LogP contribution in [0, 0.1) is 13.8 Å². The Balaban J connectivity index is 2.03. The van der Waals surface area contributed by atoms with Gasteiger partial charge >= 0.3 is 5.97 Å². The zero-order valence-electron chi connectivity index (χ0n) is 13.5. The van der Waals surface area contributed by atoms with E-state index in [1.54, 1.807) is 26.0 Å². The molecule has 23 heavy (non-hydrogen) atoms. The molecule has 0 atom stereocenters. The molecule has 2 rings (SSSR count). The Labute approximate surface area is 134 Å². The Hall–Kier alpha value is -2.63. The third-order valence-corrected chi connectivity index (χ3v) is 3.31. The van der Waals surface area contributed by atoms with Crippen LogP contribution >= 0.6 is 0 Å². The largest absolute Gasteiger partial charge is 0.482 e. The quantitative estimate of drug-likeness (QED) is 0.823. The van der Waals surface area contributed by atoms with E-state index in [0.29, 0.717) is 30.2 Å². The first-order valence-corrected chi connectivity index (χ1v) is 7.43. The van der Waals surface area contributed by atoms with Crippen molar-refractivity contribution in [2.75, 3.05) is 13.2 Å². The highest BCUT2D eigenvalue weighted by molar-refractivity contribution is 5.71. The van der Waals surface area contributed by atoms with Gasteiger partial charge in [-0.3, -0.25) is 4.79 Å². The molecule has 0 amide bonds. The number of H-pyrrole nitrogens is 1. The molecule has 1 aromatic carbocycles. The van der Waals surface area contributed by atoms with Crippen LogP contribution in [0.4, 0.5) is 0 Å². The van der Waals surface area contributed by atoms with Gasteiger partial charge in [0.25, 0.3) is 5.56 Å². The van der Waals surface area contributed by atoms with Crippen molar-refractivity contribution in [3.63, 3.8) is 0 Å². The van der Waals surface area contributed by atoms with Gasteiger partial charge in [0, 0.05) is 17.7 Å². The van der Waals surface area contributed by atoms with Gasteiger partial charge in [-0.05, 0) is 38.5 Å². The molecule has 0 aliphatic heterocycles. The highest BCUT2D eigenvalue weighted by Crippen LogP contribution is 2.15. The topological polar surface area (TPSA) is 81.3 Å². The smallest absolute Gasteiger partial charge is 0.344 e. The molecule has 0 fully saturated rings. The highest BCUT2D eigenvalue weighted by Gasteiger charge is 2.08. The fourth-order valence-corrected chi connectivity index (χ4v) is 2.21. The molecule has 0 aliphatic rings. The number of ether oxygens (including phenoxy) is 2. The van der Waals surface area contributed by atoms with E-state index >= 15 is 0 Å². The van der Waals surface area contributed by atoms with Crippen LogP contribution in [0.15, 0.2) is 29.1 Å². The molecule has 0 saturated heterocycles. The fourth-order valence-electron chi connectivity index (χ4n) is 2.21. The van der Waals surface area contributed by atoms with Crippen molar-refractivity contribution in [2.45, 2.75) is 27.2 Å². The lowest BCUT2D eigenvalue weighted by Gasteiger charge is -2.08. The average molecular weight is 316 g/mol. The van der Waals surface area contributed by atoms with Gasteiger partial charge in [-0.2, -0.15) is 0 Å². The number of hydrogen-bond acceptors (Lipinski definition) is 5. The second kappa shape index (κ2) is 7.58. The monoisotopic (exact) mass is 316 g/mol. The van der Waals surface area contributed by atoms with Gasteiger partial charge in [0.1, 0.15) is 11.6 Å². The molecule has 1 aromatic heterocycles. The predicted molar refractivity (Wildman–Crippen MR) is 85.7 cm³/mol. The van der Waals surface area contributed by atoms with E-state index < -0.39 is 5.97 Å². The van der Waals surface area contributed by atoms with Crippen molar-refractivity contribution < 1.29 is 14.3 Å². The normalized spacial score (nSPS) is 10.4. The maximum Gasteiger partial charge on any atom is 0.344 e. The van der Waals surface area contributed by atoms with Crippen LogP contribution in [0.1, 0.15) is 29.6 Å². The molecule has 0 spiro atoms. The summed E-state index contributed by atoms with van der Waals surface area (Å²) in [6.07, 6.45) is 0.493. The first-order valence-electron chi connectivity index (χ1n) is 7.43. The minimum Gasteiger partial charge on any atom is -0.482 e. The van der Waals surface area contributed by atoms with E-state index in [9.17, 15) is 9.59 Å². The lowest BCUT2D eigenvalue weighted by molar-refractivity contribution is -0.145. The van der Waals surface area contributed by atoms with Gasteiger partial charge in [-0.25, -0.2) is 9.78 Å². The van der Waals surface area contributed by atoms with Crippen LogP contribution in [-0.2, 0) is 16.0 Å². The number of rotatable bonds is 6. The first kappa shape index (κ1) is 16.7. The van der Waals surface area contributed by atoms with Crippen LogP contribution < -0.4 is 10.3 Å². The van der Waals surface area contributed by atoms with Crippen LogP contribution in [0.25, 0.3) is 0 Å². The van der Waals surface area contributed by atoms with Gasteiger partial charge in [-0.15, -0.1) is 0 Å². The zero-order chi connectivity index (χ0) is 16.8. The van der Waals surface area contributed by atoms with Gasteiger partial charge < -0.3 is 14.5 Å². The van der Waals surface area contributed by atoms with Crippen LogP contribution in [0.3, 0.4) is 0 Å². The molecule has 6 heteroatoms. The molecule has 0 unspecified atom stereocenters. The van der Waals surface area contributed by atoms with Crippen molar-refractivity contribution in [1.29, 1.82) is 0 Å². The summed E-state index contributed by atoms with van der Waals surface area (Å²) < 4.78 is 10.1. The summed E-state index contributed by atoms with van der Waals surface area (Å²) in [4.78, 5) is 30.2. The van der Waals surface area contributed by atoms with Crippen molar-refractivity contribution >= 4 is 5.97 Å². The van der Waals surface area contributed by atoms with E-state index in [-0.39, 0.29) is 12.2 Å². The molecule has 0 radical (unpaired) electrons. The van der Waals surface area contributed by atoms with Crippen molar-refractivity contribution in [3.8, 4) is 5.75 Å². The Bertz CT molecular complexity index is 735. The Morgan fingerprint density at radius 1 is 1.22 bits per heavy atom. The molecular weight excluding hydrogens is 296 g/mol. The third kappa shape index (κ3) is 4.67. The van der Waals surface area contributed by atoms with Crippen LogP contribution in [0.5, 0.6) is 5.75 Å². The highest BCUT2D eigenvalue weighted by atomic mass is 16.6.